The minimum absolute atomic E-state index is 0.0893. The number of amides is 4. The lowest BCUT2D eigenvalue weighted by molar-refractivity contribution is -0.124. The Morgan fingerprint density at radius 2 is 1.66 bits per heavy atom. The van der Waals surface area contributed by atoms with E-state index in [9.17, 15) is 19.2 Å². The van der Waals surface area contributed by atoms with Gasteiger partial charge in [0.05, 0.1) is 28.4 Å². The van der Waals surface area contributed by atoms with Crippen LogP contribution in [-0.4, -0.2) is 41.6 Å². The highest BCUT2D eigenvalue weighted by molar-refractivity contribution is 6.33. The molecule has 0 saturated carbocycles. The summed E-state index contributed by atoms with van der Waals surface area (Å²) in [4.78, 5) is 49.6. The third kappa shape index (κ3) is 4.81. The van der Waals surface area contributed by atoms with Crippen molar-refractivity contribution in [2.75, 3.05) is 18.4 Å². The third-order valence-electron chi connectivity index (χ3n) is 4.51. The Morgan fingerprint density at radius 1 is 1.00 bits per heavy atom. The van der Waals surface area contributed by atoms with Crippen LogP contribution in [0.5, 0.6) is 0 Å². The van der Waals surface area contributed by atoms with Gasteiger partial charge in [-0.2, -0.15) is 0 Å². The lowest BCUT2D eigenvalue weighted by Gasteiger charge is -2.13. The fourth-order valence-corrected chi connectivity index (χ4v) is 3.31. The zero-order chi connectivity index (χ0) is 21.0. The fraction of sp³-hybridized carbons (Fsp3) is 0.238. The highest BCUT2D eigenvalue weighted by Crippen LogP contribution is 2.23. The molecule has 150 valence electrons. The summed E-state index contributed by atoms with van der Waals surface area (Å²) in [5, 5.41) is 5.57. The molecule has 3 rings (SSSR count). The fourth-order valence-electron chi connectivity index (χ4n) is 3.02. The lowest BCUT2D eigenvalue weighted by atomic mass is 10.1. The van der Waals surface area contributed by atoms with Gasteiger partial charge in [0.15, 0.2) is 0 Å². The minimum Gasteiger partial charge on any atom is -0.347 e. The van der Waals surface area contributed by atoms with E-state index in [0.717, 1.165) is 10.5 Å². The predicted octanol–water partition coefficient (Wildman–Crippen LogP) is 2.78. The first-order chi connectivity index (χ1) is 13.9. The van der Waals surface area contributed by atoms with E-state index in [-0.39, 0.29) is 37.2 Å². The molecule has 2 N–H and O–H groups in total. The number of anilines is 1. The van der Waals surface area contributed by atoms with Crippen molar-refractivity contribution in [1.29, 1.82) is 0 Å². The van der Waals surface area contributed by atoms with E-state index in [2.05, 4.69) is 10.6 Å². The Bertz CT molecular complexity index is 955. The molecule has 8 heteroatoms. The van der Waals surface area contributed by atoms with E-state index in [4.69, 9.17) is 11.6 Å². The largest absolute Gasteiger partial charge is 0.347 e. The number of imide groups is 1. The molecule has 1 heterocycles. The molecule has 0 aliphatic carbocycles. The molecule has 0 aromatic heterocycles. The molecule has 7 nitrogen and oxygen atoms in total. The minimum atomic E-state index is -0.399. The molecular weight excluding hydrogens is 394 g/mol. The first-order valence-electron chi connectivity index (χ1n) is 9.14. The van der Waals surface area contributed by atoms with Crippen molar-refractivity contribution in [3.63, 3.8) is 0 Å². The Balaban J connectivity index is 1.41. The van der Waals surface area contributed by atoms with Crippen LogP contribution in [0, 0.1) is 6.92 Å². The molecule has 0 saturated heterocycles. The number of hydrogen-bond donors (Lipinski definition) is 2. The summed E-state index contributed by atoms with van der Waals surface area (Å²) in [5.41, 5.74) is 2.21. The Morgan fingerprint density at radius 3 is 2.28 bits per heavy atom. The second-order valence-electron chi connectivity index (χ2n) is 6.72. The van der Waals surface area contributed by atoms with Gasteiger partial charge in [0.25, 0.3) is 11.8 Å². The standard InChI is InChI=1S/C21H20ClN3O4/c1-13-8-9-17(16(22)11-13)24-19(27)12-23-18(26)7-4-10-25-20(28)14-5-2-3-6-15(14)21(25)29/h2-3,5-6,8-9,11H,4,7,10,12H2,1H3,(H,23,26)(H,24,27). The third-order valence-corrected chi connectivity index (χ3v) is 4.82. The Hall–Kier alpha value is -3.19. The molecule has 0 atom stereocenters. The lowest BCUT2D eigenvalue weighted by Crippen LogP contribution is -2.34. The van der Waals surface area contributed by atoms with Crippen LogP contribution < -0.4 is 10.6 Å². The van der Waals surface area contributed by atoms with Gasteiger partial charge in [0, 0.05) is 13.0 Å². The van der Waals surface area contributed by atoms with Crippen LogP contribution in [-0.2, 0) is 9.59 Å². The van der Waals surface area contributed by atoms with Gasteiger partial charge in [-0.1, -0.05) is 29.8 Å². The summed E-state index contributed by atoms with van der Waals surface area (Å²) in [6.45, 7) is 1.83. The summed E-state index contributed by atoms with van der Waals surface area (Å²) >= 11 is 6.06. The van der Waals surface area contributed by atoms with Crippen molar-refractivity contribution in [1.82, 2.24) is 10.2 Å². The summed E-state index contributed by atoms with van der Waals surface area (Å²) in [7, 11) is 0. The summed E-state index contributed by atoms with van der Waals surface area (Å²) < 4.78 is 0. The number of nitrogens with zero attached hydrogens (tertiary/aromatic N) is 1. The van der Waals surface area contributed by atoms with Crippen molar-refractivity contribution >= 4 is 40.9 Å². The van der Waals surface area contributed by atoms with Gasteiger partial charge in [-0.05, 0) is 43.2 Å². The Labute approximate surface area is 173 Å². The van der Waals surface area contributed by atoms with Crippen LogP contribution in [0.25, 0.3) is 0 Å². The molecule has 0 spiro atoms. The molecule has 0 radical (unpaired) electrons. The van der Waals surface area contributed by atoms with E-state index in [0.29, 0.717) is 28.3 Å². The van der Waals surface area contributed by atoms with Crippen molar-refractivity contribution in [3.05, 3.63) is 64.2 Å². The van der Waals surface area contributed by atoms with Gasteiger partial charge in [-0.15, -0.1) is 0 Å². The number of fused-ring (bicyclic) bond motifs is 1. The van der Waals surface area contributed by atoms with Crippen LogP contribution in [0.15, 0.2) is 42.5 Å². The smallest absolute Gasteiger partial charge is 0.261 e. The number of carbonyl (C=O) groups excluding carboxylic acids is 4. The number of aryl methyl sites for hydroxylation is 1. The summed E-state index contributed by atoms with van der Waals surface area (Å²) in [6, 6.07) is 11.9. The molecule has 0 fully saturated rings. The zero-order valence-electron chi connectivity index (χ0n) is 15.8. The predicted molar refractivity (Wildman–Crippen MR) is 109 cm³/mol. The molecule has 29 heavy (non-hydrogen) atoms. The number of rotatable bonds is 7. The first kappa shape index (κ1) is 20.5. The van der Waals surface area contributed by atoms with Crippen LogP contribution >= 0.6 is 11.6 Å². The summed E-state index contributed by atoms with van der Waals surface area (Å²) in [6.07, 6.45) is 0.398. The van der Waals surface area contributed by atoms with Gasteiger partial charge in [-0.25, -0.2) is 0 Å². The quantitative estimate of drug-likeness (QED) is 0.682. The van der Waals surface area contributed by atoms with Gasteiger partial charge in [-0.3, -0.25) is 24.1 Å². The average Bonchev–Trinajstić information content (AvgIpc) is 2.94. The van der Waals surface area contributed by atoms with Crippen LogP contribution in [0.1, 0.15) is 39.1 Å². The molecular formula is C21H20ClN3O4. The van der Waals surface area contributed by atoms with Crippen LogP contribution in [0.2, 0.25) is 5.02 Å². The van der Waals surface area contributed by atoms with Crippen LogP contribution in [0.4, 0.5) is 5.69 Å². The number of benzene rings is 2. The van der Waals surface area contributed by atoms with E-state index in [1.807, 2.05) is 13.0 Å². The van der Waals surface area contributed by atoms with Crippen molar-refractivity contribution < 1.29 is 19.2 Å². The number of halogens is 1. The first-order valence-corrected chi connectivity index (χ1v) is 9.52. The second kappa shape index (κ2) is 8.87. The van der Waals surface area contributed by atoms with E-state index in [1.54, 1.807) is 36.4 Å². The molecule has 0 bridgehead atoms. The molecule has 1 aliphatic rings. The van der Waals surface area contributed by atoms with Crippen molar-refractivity contribution in [2.24, 2.45) is 0 Å². The molecule has 4 amide bonds. The van der Waals surface area contributed by atoms with Crippen molar-refractivity contribution in [2.45, 2.75) is 19.8 Å². The molecule has 2 aromatic rings. The number of carbonyl (C=O) groups is 4. The SMILES string of the molecule is Cc1ccc(NC(=O)CNC(=O)CCCN2C(=O)c3ccccc3C2=O)c(Cl)c1. The highest BCUT2D eigenvalue weighted by atomic mass is 35.5. The zero-order valence-corrected chi connectivity index (χ0v) is 16.6. The maximum Gasteiger partial charge on any atom is 0.261 e. The highest BCUT2D eigenvalue weighted by Gasteiger charge is 2.34. The van der Waals surface area contributed by atoms with Gasteiger partial charge in [0.1, 0.15) is 0 Å². The van der Waals surface area contributed by atoms with Gasteiger partial charge >= 0.3 is 0 Å². The maximum atomic E-state index is 12.3. The molecule has 1 aliphatic heterocycles. The van der Waals surface area contributed by atoms with E-state index in [1.165, 1.54) is 0 Å². The monoisotopic (exact) mass is 413 g/mol. The van der Waals surface area contributed by atoms with Gasteiger partial charge in [0.2, 0.25) is 11.8 Å². The second-order valence-corrected chi connectivity index (χ2v) is 7.13. The maximum absolute atomic E-state index is 12.3. The van der Waals surface area contributed by atoms with Gasteiger partial charge < -0.3 is 10.6 Å². The summed E-state index contributed by atoms with van der Waals surface area (Å²) in [5.74, 6) is -1.43. The molecule has 2 aromatic carbocycles. The molecule has 0 unspecified atom stereocenters. The van der Waals surface area contributed by atoms with Crippen LogP contribution in [0.3, 0.4) is 0 Å². The number of nitrogens with one attached hydrogen (secondary N) is 2. The normalized spacial score (nSPS) is 12.7. The van der Waals surface area contributed by atoms with E-state index >= 15 is 0 Å². The van der Waals surface area contributed by atoms with Crippen molar-refractivity contribution in [3.8, 4) is 0 Å². The average molecular weight is 414 g/mol. The number of hydrogen-bond acceptors (Lipinski definition) is 4. The Kier molecular flexibility index (Phi) is 6.29. The van der Waals surface area contributed by atoms with E-state index < -0.39 is 5.91 Å². The topological polar surface area (TPSA) is 95.6 Å².